The van der Waals surface area contributed by atoms with Gasteiger partial charge >= 0.3 is 6.18 Å². The lowest BCUT2D eigenvalue weighted by Crippen LogP contribution is -2.30. The SMILES string of the molecule is CCCNC(=O)CNc1cccc(C(F)(F)F)c1S(=O)(=O)c1ccc(C)cc1. The lowest BCUT2D eigenvalue weighted by molar-refractivity contribution is -0.139. The Hall–Kier alpha value is -2.55. The van der Waals surface area contributed by atoms with Crippen LogP contribution >= 0.6 is 0 Å². The number of anilines is 1. The number of hydrogen-bond donors (Lipinski definition) is 2. The average Bonchev–Trinajstić information content (AvgIpc) is 2.64. The van der Waals surface area contributed by atoms with Crippen molar-refractivity contribution < 1.29 is 26.4 Å². The molecule has 0 bridgehead atoms. The first-order valence-corrected chi connectivity index (χ1v) is 10.1. The Morgan fingerprint density at radius 3 is 2.29 bits per heavy atom. The van der Waals surface area contributed by atoms with Crippen LogP contribution in [0.25, 0.3) is 0 Å². The molecule has 0 saturated heterocycles. The van der Waals surface area contributed by atoms with E-state index in [1.807, 2.05) is 6.92 Å². The minimum Gasteiger partial charge on any atom is -0.375 e. The number of alkyl halides is 3. The first-order chi connectivity index (χ1) is 13.1. The molecule has 5 nitrogen and oxygen atoms in total. The Balaban J connectivity index is 2.53. The minimum atomic E-state index is -4.88. The number of hydrogen-bond acceptors (Lipinski definition) is 4. The molecule has 0 atom stereocenters. The third kappa shape index (κ3) is 5.03. The Morgan fingerprint density at radius 2 is 1.71 bits per heavy atom. The fourth-order valence-corrected chi connectivity index (χ4v) is 4.16. The number of amides is 1. The normalized spacial score (nSPS) is 11.9. The monoisotopic (exact) mass is 414 g/mol. The molecule has 2 aromatic carbocycles. The summed E-state index contributed by atoms with van der Waals surface area (Å²) in [5.41, 5.74) is -0.789. The van der Waals surface area contributed by atoms with Crippen molar-refractivity contribution in [2.45, 2.75) is 36.2 Å². The van der Waals surface area contributed by atoms with E-state index in [-0.39, 0.29) is 17.1 Å². The van der Waals surface area contributed by atoms with Gasteiger partial charge in [-0.1, -0.05) is 30.7 Å². The van der Waals surface area contributed by atoms with E-state index in [1.54, 1.807) is 6.92 Å². The van der Waals surface area contributed by atoms with Crippen LogP contribution in [0, 0.1) is 6.92 Å². The molecule has 0 aliphatic carbocycles. The van der Waals surface area contributed by atoms with Gasteiger partial charge in [0.2, 0.25) is 15.7 Å². The molecule has 0 aliphatic heterocycles. The average molecular weight is 414 g/mol. The number of carbonyl (C=O) groups excluding carboxylic acids is 1. The van der Waals surface area contributed by atoms with Crippen LogP contribution in [0.4, 0.5) is 18.9 Å². The van der Waals surface area contributed by atoms with Crippen LogP contribution in [-0.4, -0.2) is 27.4 Å². The van der Waals surface area contributed by atoms with Gasteiger partial charge in [-0.2, -0.15) is 13.2 Å². The van der Waals surface area contributed by atoms with Crippen molar-refractivity contribution in [1.29, 1.82) is 0 Å². The zero-order valence-corrected chi connectivity index (χ0v) is 16.2. The maximum absolute atomic E-state index is 13.5. The number of halogens is 3. The van der Waals surface area contributed by atoms with Gasteiger partial charge in [0, 0.05) is 6.54 Å². The van der Waals surface area contributed by atoms with Crippen molar-refractivity contribution in [2.75, 3.05) is 18.4 Å². The van der Waals surface area contributed by atoms with E-state index in [0.29, 0.717) is 19.0 Å². The van der Waals surface area contributed by atoms with Crippen molar-refractivity contribution in [3.63, 3.8) is 0 Å². The zero-order valence-electron chi connectivity index (χ0n) is 15.4. The second kappa shape index (κ2) is 8.64. The molecule has 0 unspecified atom stereocenters. The highest BCUT2D eigenvalue weighted by Gasteiger charge is 2.39. The Labute approximate surface area is 161 Å². The van der Waals surface area contributed by atoms with Crippen LogP contribution in [0.1, 0.15) is 24.5 Å². The van der Waals surface area contributed by atoms with Crippen LogP contribution in [-0.2, 0) is 20.8 Å². The Morgan fingerprint density at radius 1 is 1.07 bits per heavy atom. The van der Waals surface area contributed by atoms with E-state index in [2.05, 4.69) is 10.6 Å². The number of aryl methyl sites for hydroxylation is 1. The van der Waals surface area contributed by atoms with Gasteiger partial charge in [0.25, 0.3) is 0 Å². The number of nitrogens with one attached hydrogen (secondary N) is 2. The Kier molecular flexibility index (Phi) is 6.71. The molecule has 0 heterocycles. The molecule has 9 heteroatoms. The Bertz CT molecular complexity index is 940. The van der Waals surface area contributed by atoms with E-state index in [0.717, 1.165) is 11.6 Å². The highest BCUT2D eigenvalue weighted by molar-refractivity contribution is 7.91. The molecule has 2 N–H and O–H groups in total. The summed E-state index contributed by atoms with van der Waals surface area (Å²) in [4.78, 5) is 10.6. The molecule has 0 radical (unpaired) electrons. The lowest BCUT2D eigenvalue weighted by Gasteiger charge is -2.18. The molecule has 1 amide bonds. The third-order valence-electron chi connectivity index (χ3n) is 3.93. The molecule has 2 aromatic rings. The molecule has 0 spiro atoms. The van der Waals surface area contributed by atoms with E-state index in [1.165, 1.54) is 30.3 Å². The molecule has 0 saturated carbocycles. The predicted octanol–water partition coefficient (Wildman–Crippen LogP) is 3.78. The molecular formula is C19H21F3N2O3S. The highest BCUT2D eigenvalue weighted by atomic mass is 32.2. The summed E-state index contributed by atoms with van der Waals surface area (Å²) in [6, 6.07) is 8.56. The smallest absolute Gasteiger partial charge is 0.375 e. The molecule has 0 aliphatic rings. The summed E-state index contributed by atoms with van der Waals surface area (Å²) < 4.78 is 66.6. The fraction of sp³-hybridized carbons (Fsp3) is 0.316. The first-order valence-electron chi connectivity index (χ1n) is 8.60. The minimum absolute atomic E-state index is 0.256. The van der Waals surface area contributed by atoms with Gasteiger partial charge in [-0.05, 0) is 37.6 Å². The maximum Gasteiger partial charge on any atom is 0.417 e. The summed E-state index contributed by atoms with van der Waals surface area (Å²) in [5, 5.41) is 5.10. The van der Waals surface area contributed by atoms with E-state index in [4.69, 9.17) is 0 Å². The van der Waals surface area contributed by atoms with E-state index in [9.17, 15) is 26.4 Å². The van der Waals surface area contributed by atoms with Crippen molar-refractivity contribution >= 4 is 21.4 Å². The van der Waals surface area contributed by atoms with Crippen LogP contribution in [0.15, 0.2) is 52.3 Å². The lowest BCUT2D eigenvalue weighted by atomic mass is 10.2. The summed E-state index contributed by atoms with van der Waals surface area (Å²) in [6.07, 6.45) is -4.18. The van der Waals surface area contributed by atoms with Gasteiger partial charge < -0.3 is 10.6 Å². The quantitative estimate of drug-likeness (QED) is 0.723. The standard InChI is InChI=1S/C19H21F3N2O3S/c1-3-11-23-17(25)12-24-16-6-4-5-15(19(20,21)22)18(16)28(26,27)14-9-7-13(2)8-10-14/h4-10,24H,3,11-12H2,1-2H3,(H,23,25). The van der Waals surface area contributed by atoms with Gasteiger partial charge in [0.15, 0.2) is 0 Å². The molecule has 28 heavy (non-hydrogen) atoms. The second-order valence-corrected chi connectivity index (χ2v) is 8.09. The van der Waals surface area contributed by atoms with Crippen molar-refractivity contribution in [3.8, 4) is 0 Å². The van der Waals surface area contributed by atoms with Crippen LogP contribution in [0.5, 0.6) is 0 Å². The van der Waals surface area contributed by atoms with Gasteiger partial charge in [-0.3, -0.25) is 4.79 Å². The largest absolute Gasteiger partial charge is 0.417 e. The molecule has 2 rings (SSSR count). The first kappa shape index (κ1) is 21.7. The molecule has 0 fully saturated rings. The number of sulfone groups is 1. The molecule has 0 aromatic heterocycles. The number of rotatable bonds is 7. The van der Waals surface area contributed by atoms with Crippen molar-refractivity contribution in [1.82, 2.24) is 5.32 Å². The number of carbonyl (C=O) groups is 1. The predicted molar refractivity (Wildman–Crippen MR) is 99.9 cm³/mol. The summed E-state index contributed by atoms with van der Waals surface area (Å²) in [5.74, 6) is -0.446. The van der Waals surface area contributed by atoms with Crippen LogP contribution in [0.2, 0.25) is 0 Å². The molecule has 152 valence electrons. The van der Waals surface area contributed by atoms with Gasteiger partial charge in [0.05, 0.1) is 22.7 Å². The molecular weight excluding hydrogens is 393 g/mol. The van der Waals surface area contributed by atoms with Gasteiger partial charge in [0.1, 0.15) is 4.90 Å². The van der Waals surface area contributed by atoms with E-state index >= 15 is 0 Å². The van der Waals surface area contributed by atoms with Gasteiger partial charge in [-0.15, -0.1) is 0 Å². The van der Waals surface area contributed by atoms with Gasteiger partial charge in [-0.25, -0.2) is 8.42 Å². The highest BCUT2D eigenvalue weighted by Crippen LogP contribution is 2.40. The van der Waals surface area contributed by atoms with Crippen molar-refractivity contribution in [2.24, 2.45) is 0 Å². The third-order valence-corrected chi connectivity index (χ3v) is 5.80. The van der Waals surface area contributed by atoms with Crippen LogP contribution in [0.3, 0.4) is 0 Å². The summed E-state index contributed by atoms with van der Waals surface area (Å²) >= 11 is 0. The van der Waals surface area contributed by atoms with Crippen molar-refractivity contribution in [3.05, 3.63) is 53.6 Å². The summed E-state index contributed by atoms with van der Waals surface area (Å²) in [7, 11) is -4.48. The second-order valence-electron chi connectivity index (χ2n) is 6.20. The summed E-state index contributed by atoms with van der Waals surface area (Å²) in [6.45, 7) is 3.66. The van der Waals surface area contributed by atoms with E-state index < -0.39 is 32.4 Å². The zero-order chi connectivity index (χ0) is 20.9. The fourth-order valence-electron chi connectivity index (χ4n) is 2.53. The maximum atomic E-state index is 13.5. The van der Waals surface area contributed by atoms with Crippen LogP contribution < -0.4 is 10.6 Å². The number of benzene rings is 2. The topological polar surface area (TPSA) is 75.3 Å².